The molecule has 1 saturated heterocycles. The fraction of sp³-hybridized carbons (Fsp3) is 0.368. The van der Waals surface area contributed by atoms with Gasteiger partial charge in [0.2, 0.25) is 0 Å². The Morgan fingerprint density at radius 2 is 1.86 bits per heavy atom. The van der Waals surface area contributed by atoms with Gasteiger partial charge in [0.25, 0.3) is 5.91 Å². The molecule has 0 atom stereocenters. The molecule has 1 fully saturated rings. The van der Waals surface area contributed by atoms with Gasteiger partial charge < -0.3 is 24.3 Å². The number of alkyl halides is 2. The minimum absolute atomic E-state index is 0. The molecule has 158 valence electrons. The second-order valence-corrected chi connectivity index (χ2v) is 6.14. The van der Waals surface area contributed by atoms with Crippen molar-refractivity contribution in [2.24, 2.45) is 4.99 Å². The number of guanidine groups is 1. The number of halogens is 3. The highest BCUT2D eigenvalue weighted by Gasteiger charge is 2.25. The van der Waals surface area contributed by atoms with Gasteiger partial charge in [0, 0.05) is 45.3 Å². The van der Waals surface area contributed by atoms with Gasteiger partial charge in [-0.15, -0.1) is 24.0 Å². The van der Waals surface area contributed by atoms with Crippen LogP contribution >= 0.6 is 24.0 Å². The van der Waals surface area contributed by atoms with Gasteiger partial charge >= 0.3 is 6.61 Å². The molecule has 0 radical (unpaired) electrons. The van der Waals surface area contributed by atoms with E-state index in [2.05, 4.69) is 15.0 Å². The van der Waals surface area contributed by atoms with E-state index in [9.17, 15) is 13.6 Å². The molecule has 1 N–H and O–H groups in total. The van der Waals surface area contributed by atoms with Crippen LogP contribution in [0.25, 0.3) is 0 Å². The largest absolute Gasteiger partial charge is 0.459 e. The molecule has 0 bridgehead atoms. The first-order valence-electron chi connectivity index (χ1n) is 8.89. The third-order valence-corrected chi connectivity index (χ3v) is 4.44. The van der Waals surface area contributed by atoms with Gasteiger partial charge in [-0.3, -0.25) is 9.79 Å². The maximum absolute atomic E-state index is 12.5. The molecule has 1 amide bonds. The van der Waals surface area contributed by atoms with Crippen molar-refractivity contribution in [3.05, 3.63) is 54.0 Å². The summed E-state index contributed by atoms with van der Waals surface area (Å²) < 4.78 is 34.8. The molecule has 1 aliphatic heterocycles. The highest BCUT2D eigenvalue weighted by molar-refractivity contribution is 14.0. The Balaban J connectivity index is 0.00000300. The summed E-state index contributed by atoms with van der Waals surface area (Å²) in [5, 5.41) is 3.17. The van der Waals surface area contributed by atoms with Gasteiger partial charge in [-0.05, 0) is 18.2 Å². The number of amides is 1. The quantitative estimate of drug-likeness (QED) is 0.373. The summed E-state index contributed by atoms with van der Waals surface area (Å²) in [6, 6.07) is 9.96. The summed E-state index contributed by atoms with van der Waals surface area (Å²) >= 11 is 0. The van der Waals surface area contributed by atoms with Crippen LogP contribution in [0.15, 0.2) is 52.1 Å². The van der Waals surface area contributed by atoms with Crippen LogP contribution in [-0.2, 0) is 6.54 Å². The van der Waals surface area contributed by atoms with Gasteiger partial charge in [-0.25, -0.2) is 0 Å². The second kappa shape index (κ2) is 11.0. The first-order valence-corrected chi connectivity index (χ1v) is 8.89. The number of furan rings is 1. The van der Waals surface area contributed by atoms with Gasteiger partial charge in [0.05, 0.1) is 6.26 Å². The number of carbonyl (C=O) groups excluding carboxylic acids is 1. The monoisotopic (exact) mass is 520 g/mol. The van der Waals surface area contributed by atoms with E-state index in [-0.39, 0.29) is 35.6 Å². The number of nitrogens with one attached hydrogen (secondary N) is 1. The Hall–Kier alpha value is -2.37. The van der Waals surface area contributed by atoms with Gasteiger partial charge in [-0.1, -0.05) is 18.2 Å². The van der Waals surface area contributed by atoms with Gasteiger partial charge in [0.1, 0.15) is 5.75 Å². The number of ether oxygens (including phenoxy) is 1. The van der Waals surface area contributed by atoms with E-state index in [0.717, 1.165) is 0 Å². The fourth-order valence-electron chi connectivity index (χ4n) is 3.04. The number of benzene rings is 1. The lowest BCUT2D eigenvalue weighted by molar-refractivity contribution is -0.0504. The number of piperazine rings is 1. The summed E-state index contributed by atoms with van der Waals surface area (Å²) in [6.45, 7) is -0.319. The molecule has 0 spiro atoms. The molecule has 1 aromatic heterocycles. The van der Waals surface area contributed by atoms with Crippen molar-refractivity contribution >= 4 is 35.8 Å². The molecule has 3 rings (SSSR count). The Morgan fingerprint density at radius 1 is 1.17 bits per heavy atom. The molecule has 0 saturated carbocycles. The maximum Gasteiger partial charge on any atom is 0.387 e. The summed E-state index contributed by atoms with van der Waals surface area (Å²) in [5.74, 6) is 0.962. The minimum Gasteiger partial charge on any atom is -0.459 e. The van der Waals surface area contributed by atoms with Crippen LogP contribution in [0.1, 0.15) is 16.1 Å². The minimum atomic E-state index is -2.87. The SMILES string of the molecule is CN=C(NCc1ccccc1OC(F)F)N1CCN(C(=O)c2ccco2)CC1.I. The number of aliphatic imine (C=N–C) groups is 1. The predicted octanol–water partition coefficient (Wildman–Crippen LogP) is 3.03. The zero-order chi connectivity index (χ0) is 19.9. The number of rotatable bonds is 5. The fourth-order valence-corrected chi connectivity index (χ4v) is 3.04. The highest BCUT2D eigenvalue weighted by Crippen LogP contribution is 2.20. The van der Waals surface area contributed by atoms with E-state index in [4.69, 9.17) is 4.42 Å². The van der Waals surface area contributed by atoms with Crippen molar-refractivity contribution in [2.45, 2.75) is 13.2 Å². The molecule has 2 heterocycles. The van der Waals surface area contributed by atoms with Crippen LogP contribution < -0.4 is 10.1 Å². The lowest BCUT2D eigenvalue weighted by Gasteiger charge is -2.36. The smallest absolute Gasteiger partial charge is 0.387 e. The Labute approximate surface area is 184 Å². The number of carbonyl (C=O) groups is 1. The van der Waals surface area contributed by atoms with Crippen LogP contribution in [0, 0.1) is 0 Å². The average molecular weight is 520 g/mol. The van der Waals surface area contributed by atoms with Crippen LogP contribution in [0.5, 0.6) is 5.75 Å². The molecule has 1 aliphatic rings. The van der Waals surface area contributed by atoms with Crippen molar-refractivity contribution < 1.29 is 22.7 Å². The van der Waals surface area contributed by atoms with Gasteiger partial charge in [-0.2, -0.15) is 8.78 Å². The highest BCUT2D eigenvalue weighted by atomic mass is 127. The molecule has 1 aromatic carbocycles. The van der Waals surface area contributed by atoms with E-state index in [1.807, 2.05) is 4.90 Å². The summed E-state index contributed by atoms with van der Waals surface area (Å²) in [4.78, 5) is 20.3. The molecular weight excluding hydrogens is 497 g/mol. The van der Waals surface area contributed by atoms with Crippen LogP contribution in [-0.4, -0.2) is 61.5 Å². The molecule has 0 unspecified atom stereocenters. The van der Waals surface area contributed by atoms with Crippen molar-refractivity contribution in [3.8, 4) is 5.75 Å². The molecule has 10 heteroatoms. The molecule has 0 aliphatic carbocycles. The van der Waals surface area contributed by atoms with Crippen LogP contribution in [0.4, 0.5) is 8.78 Å². The third kappa shape index (κ3) is 6.05. The number of para-hydroxylation sites is 1. The lowest BCUT2D eigenvalue weighted by Crippen LogP contribution is -2.53. The predicted molar refractivity (Wildman–Crippen MR) is 115 cm³/mol. The van der Waals surface area contributed by atoms with Crippen LogP contribution in [0.2, 0.25) is 0 Å². The Kier molecular flexibility index (Phi) is 8.68. The third-order valence-electron chi connectivity index (χ3n) is 4.44. The Bertz CT molecular complexity index is 810. The van der Waals surface area contributed by atoms with Crippen molar-refractivity contribution in [1.29, 1.82) is 0 Å². The standard InChI is InChI=1S/C19H22F2N4O3.HI/c1-22-19(23-13-14-5-2-3-6-15(14)28-18(20)21)25-10-8-24(9-11-25)17(26)16-7-4-12-27-16;/h2-7,12,18H,8-11,13H2,1H3,(H,22,23);1H. The Morgan fingerprint density at radius 3 is 2.48 bits per heavy atom. The average Bonchev–Trinajstić information content (AvgIpc) is 3.24. The molecule has 7 nitrogen and oxygen atoms in total. The summed E-state index contributed by atoms with van der Waals surface area (Å²) in [7, 11) is 1.66. The number of hydrogen-bond acceptors (Lipinski definition) is 4. The van der Waals surface area contributed by atoms with E-state index in [1.54, 1.807) is 42.3 Å². The van der Waals surface area contributed by atoms with E-state index in [0.29, 0.717) is 50.0 Å². The normalized spacial score (nSPS) is 14.6. The zero-order valence-corrected chi connectivity index (χ0v) is 18.2. The van der Waals surface area contributed by atoms with E-state index in [1.165, 1.54) is 12.3 Å². The second-order valence-electron chi connectivity index (χ2n) is 6.14. The summed E-state index contributed by atoms with van der Waals surface area (Å²) in [6.07, 6.45) is 1.48. The number of nitrogens with zero attached hydrogens (tertiary/aromatic N) is 3. The molecule has 2 aromatic rings. The summed E-state index contributed by atoms with van der Waals surface area (Å²) in [5.41, 5.74) is 0.607. The maximum atomic E-state index is 12.5. The first-order chi connectivity index (χ1) is 13.6. The number of hydrogen-bond donors (Lipinski definition) is 1. The lowest BCUT2D eigenvalue weighted by atomic mass is 10.2. The molecule has 29 heavy (non-hydrogen) atoms. The van der Waals surface area contributed by atoms with Crippen molar-refractivity contribution in [3.63, 3.8) is 0 Å². The van der Waals surface area contributed by atoms with Crippen molar-refractivity contribution in [2.75, 3.05) is 33.2 Å². The van der Waals surface area contributed by atoms with Gasteiger partial charge in [0.15, 0.2) is 11.7 Å². The van der Waals surface area contributed by atoms with Crippen molar-refractivity contribution in [1.82, 2.24) is 15.1 Å². The first kappa shape index (κ1) is 22.9. The van der Waals surface area contributed by atoms with Crippen LogP contribution in [0.3, 0.4) is 0 Å². The topological polar surface area (TPSA) is 70.3 Å². The zero-order valence-electron chi connectivity index (χ0n) is 15.9. The van der Waals surface area contributed by atoms with E-state index >= 15 is 0 Å². The van der Waals surface area contributed by atoms with E-state index < -0.39 is 6.61 Å². The molecular formula is C19H23F2IN4O3.